The lowest BCUT2D eigenvalue weighted by Crippen LogP contribution is -2.25. The second-order valence-corrected chi connectivity index (χ2v) is 5.91. The molecule has 2 N–H and O–H groups in total. The van der Waals surface area contributed by atoms with Gasteiger partial charge in [-0.05, 0) is 48.7 Å². The van der Waals surface area contributed by atoms with Crippen molar-refractivity contribution >= 4 is 5.91 Å². The number of carbonyl (C=O) groups is 1. The first-order chi connectivity index (χ1) is 12.2. The molecule has 0 aliphatic rings. The first-order valence-corrected chi connectivity index (χ1v) is 8.25. The SMILES string of the molecule is Cc1ccc(OCc2ccc(C(=O)NCCc3cn[nH]c3)cc2)cc1. The Kier molecular flexibility index (Phi) is 5.46. The molecule has 0 radical (unpaired) electrons. The summed E-state index contributed by atoms with van der Waals surface area (Å²) in [7, 11) is 0. The van der Waals surface area contributed by atoms with Crippen molar-refractivity contribution in [3.63, 3.8) is 0 Å². The Morgan fingerprint density at radius 3 is 2.52 bits per heavy atom. The number of aromatic nitrogens is 2. The molecular weight excluding hydrogens is 314 g/mol. The lowest BCUT2D eigenvalue weighted by Gasteiger charge is -2.08. The maximum atomic E-state index is 12.1. The molecule has 128 valence electrons. The molecule has 3 rings (SSSR count). The van der Waals surface area contributed by atoms with Gasteiger partial charge in [0.1, 0.15) is 12.4 Å². The molecule has 0 saturated heterocycles. The summed E-state index contributed by atoms with van der Waals surface area (Å²) in [6, 6.07) is 15.4. The van der Waals surface area contributed by atoms with Crippen LogP contribution in [0.4, 0.5) is 0 Å². The van der Waals surface area contributed by atoms with Gasteiger partial charge in [0, 0.05) is 18.3 Å². The number of H-pyrrole nitrogens is 1. The Labute approximate surface area is 147 Å². The van der Waals surface area contributed by atoms with Crippen LogP contribution in [0.15, 0.2) is 60.9 Å². The van der Waals surface area contributed by atoms with Gasteiger partial charge in [-0.3, -0.25) is 9.89 Å². The number of nitrogens with one attached hydrogen (secondary N) is 2. The predicted octanol–water partition coefficient (Wildman–Crippen LogP) is 3.27. The van der Waals surface area contributed by atoms with E-state index in [-0.39, 0.29) is 5.91 Å². The normalized spacial score (nSPS) is 10.4. The second-order valence-electron chi connectivity index (χ2n) is 5.91. The van der Waals surface area contributed by atoms with Crippen LogP contribution in [-0.2, 0) is 13.0 Å². The highest BCUT2D eigenvalue weighted by Gasteiger charge is 2.05. The van der Waals surface area contributed by atoms with Crippen molar-refractivity contribution in [2.75, 3.05) is 6.54 Å². The fourth-order valence-electron chi connectivity index (χ4n) is 2.39. The zero-order chi connectivity index (χ0) is 17.5. The predicted molar refractivity (Wildman–Crippen MR) is 96.6 cm³/mol. The van der Waals surface area contributed by atoms with Crippen LogP contribution < -0.4 is 10.1 Å². The van der Waals surface area contributed by atoms with Crippen LogP contribution in [0.5, 0.6) is 5.75 Å². The van der Waals surface area contributed by atoms with Crippen LogP contribution in [0.25, 0.3) is 0 Å². The Hall–Kier alpha value is -3.08. The van der Waals surface area contributed by atoms with E-state index in [2.05, 4.69) is 15.5 Å². The molecule has 0 aliphatic carbocycles. The third-order valence-electron chi connectivity index (χ3n) is 3.90. The monoisotopic (exact) mass is 335 g/mol. The first-order valence-electron chi connectivity index (χ1n) is 8.25. The average molecular weight is 335 g/mol. The third-order valence-corrected chi connectivity index (χ3v) is 3.90. The van der Waals surface area contributed by atoms with Gasteiger partial charge in [-0.2, -0.15) is 5.10 Å². The molecule has 0 bridgehead atoms. The smallest absolute Gasteiger partial charge is 0.251 e. The van der Waals surface area contributed by atoms with Crippen LogP contribution >= 0.6 is 0 Å². The number of aromatic amines is 1. The van der Waals surface area contributed by atoms with Crippen LogP contribution in [-0.4, -0.2) is 22.6 Å². The van der Waals surface area contributed by atoms with E-state index >= 15 is 0 Å². The number of carbonyl (C=O) groups excluding carboxylic acids is 1. The van der Waals surface area contributed by atoms with Gasteiger partial charge >= 0.3 is 0 Å². The lowest BCUT2D eigenvalue weighted by molar-refractivity contribution is 0.0954. The number of ether oxygens (including phenoxy) is 1. The second kappa shape index (κ2) is 8.15. The fraction of sp³-hybridized carbons (Fsp3) is 0.200. The number of rotatable bonds is 7. The minimum absolute atomic E-state index is 0.0745. The van der Waals surface area contributed by atoms with E-state index in [1.165, 1.54) is 5.56 Å². The quantitative estimate of drug-likeness (QED) is 0.696. The minimum atomic E-state index is -0.0745. The number of benzene rings is 2. The van der Waals surface area contributed by atoms with Crippen molar-refractivity contribution in [2.45, 2.75) is 20.0 Å². The van der Waals surface area contributed by atoms with E-state index in [1.54, 1.807) is 6.20 Å². The molecule has 1 aromatic heterocycles. The fourth-order valence-corrected chi connectivity index (χ4v) is 2.39. The summed E-state index contributed by atoms with van der Waals surface area (Å²) in [4.78, 5) is 12.1. The molecule has 0 saturated carbocycles. The third kappa shape index (κ3) is 4.94. The van der Waals surface area contributed by atoms with Crippen molar-refractivity contribution in [1.29, 1.82) is 0 Å². The van der Waals surface area contributed by atoms with Gasteiger partial charge in [-0.25, -0.2) is 0 Å². The van der Waals surface area contributed by atoms with Crippen molar-refractivity contribution in [2.24, 2.45) is 0 Å². The van der Waals surface area contributed by atoms with Crippen molar-refractivity contribution in [1.82, 2.24) is 15.5 Å². The molecule has 0 unspecified atom stereocenters. The Bertz CT molecular complexity index is 794. The summed E-state index contributed by atoms with van der Waals surface area (Å²) in [5.74, 6) is 0.765. The number of amides is 1. The zero-order valence-electron chi connectivity index (χ0n) is 14.2. The highest BCUT2D eigenvalue weighted by atomic mass is 16.5. The molecule has 2 aromatic carbocycles. The molecule has 1 heterocycles. The average Bonchev–Trinajstić information content (AvgIpc) is 3.15. The molecule has 0 spiro atoms. The molecule has 0 aliphatic heterocycles. The lowest BCUT2D eigenvalue weighted by atomic mass is 10.1. The zero-order valence-corrected chi connectivity index (χ0v) is 14.2. The summed E-state index contributed by atoms with van der Waals surface area (Å²) < 4.78 is 5.74. The van der Waals surface area contributed by atoms with Crippen LogP contribution in [0.1, 0.15) is 27.0 Å². The van der Waals surface area contributed by atoms with Gasteiger partial charge < -0.3 is 10.1 Å². The van der Waals surface area contributed by atoms with Gasteiger partial charge in [0.05, 0.1) is 6.20 Å². The molecule has 5 nitrogen and oxygen atoms in total. The summed E-state index contributed by atoms with van der Waals surface area (Å²) in [6.45, 7) is 3.10. The standard InChI is InChI=1S/C20H21N3O2/c1-15-2-8-19(9-3-15)25-14-16-4-6-18(7-5-16)20(24)21-11-10-17-12-22-23-13-17/h2-9,12-13H,10-11,14H2,1H3,(H,21,24)(H,22,23). The van der Waals surface area contributed by atoms with Crippen LogP contribution in [0.3, 0.4) is 0 Å². The summed E-state index contributed by atoms with van der Waals surface area (Å²) >= 11 is 0. The number of hydrogen-bond donors (Lipinski definition) is 2. The van der Waals surface area contributed by atoms with E-state index in [9.17, 15) is 4.79 Å². The van der Waals surface area contributed by atoms with Crippen LogP contribution in [0, 0.1) is 6.92 Å². The van der Waals surface area contributed by atoms with Crippen molar-refractivity contribution < 1.29 is 9.53 Å². The van der Waals surface area contributed by atoms with E-state index < -0.39 is 0 Å². The van der Waals surface area contributed by atoms with Crippen molar-refractivity contribution in [3.8, 4) is 5.75 Å². The van der Waals surface area contributed by atoms with Crippen molar-refractivity contribution in [3.05, 3.63) is 83.2 Å². The largest absolute Gasteiger partial charge is 0.489 e. The molecule has 1 amide bonds. The number of hydrogen-bond acceptors (Lipinski definition) is 3. The maximum Gasteiger partial charge on any atom is 0.251 e. The van der Waals surface area contributed by atoms with E-state index in [4.69, 9.17) is 4.74 Å². The Morgan fingerprint density at radius 2 is 1.84 bits per heavy atom. The molecule has 0 atom stereocenters. The number of aryl methyl sites for hydroxylation is 1. The van der Waals surface area contributed by atoms with Gasteiger partial charge in [0.15, 0.2) is 0 Å². The molecule has 3 aromatic rings. The summed E-state index contributed by atoms with van der Waals surface area (Å²) in [5, 5.41) is 9.55. The van der Waals surface area contributed by atoms with Gasteiger partial charge in [-0.1, -0.05) is 29.8 Å². The van der Waals surface area contributed by atoms with E-state index in [0.717, 1.165) is 23.3 Å². The number of nitrogens with zero attached hydrogens (tertiary/aromatic N) is 1. The molecule has 0 fully saturated rings. The highest BCUT2D eigenvalue weighted by molar-refractivity contribution is 5.94. The van der Waals surface area contributed by atoms with Gasteiger partial charge in [0.2, 0.25) is 0 Å². The van der Waals surface area contributed by atoms with E-state index in [1.807, 2.05) is 61.7 Å². The summed E-state index contributed by atoms with van der Waals surface area (Å²) in [5.41, 5.74) is 3.95. The van der Waals surface area contributed by atoms with E-state index in [0.29, 0.717) is 18.7 Å². The van der Waals surface area contributed by atoms with Gasteiger partial charge in [-0.15, -0.1) is 0 Å². The molecular formula is C20H21N3O2. The highest BCUT2D eigenvalue weighted by Crippen LogP contribution is 2.14. The van der Waals surface area contributed by atoms with Gasteiger partial charge in [0.25, 0.3) is 5.91 Å². The Morgan fingerprint density at radius 1 is 1.08 bits per heavy atom. The first kappa shape index (κ1) is 16.8. The molecule has 5 heteroatoms. The topological polar surface area (TPSA) is 67.0 Å². The maximum absolute atomic E-state index is 12.1. The van der Waals surface area contributed by atoms with Crippen LogP contribution in [0.2, 0.25) is 0 Å². The Balaban J connectivity index is 1.47. The summed E-state index contributed by atoms with van der Waals surface area (Å²) in [6.07, 6.45) is 4.34. The molecule has 25 heavy (non-hydrogen) atoms. The minimum Gasteiger partial charge on any atom is -0.489 e.